The molecule has 2 atom stereocenters. The Hall–Kier alpha value is -2.15. The fourth-order valence-corrected chi connectivity index (χ4v) is 5.00. The number of anilines is 1. The van der Waals surface area contributed by atoms with Crippen LogP contribution < -0.4 is 4.90 Å². The molecule has 0 saturated carbocycles. The molecule has 7 nitrogen and oxygen atoms in total. The first kappa shape index (κ1) is 19.2. The predicted molar refractivity (Wildman–Crippen MR) is 109 cm³/mol. The average molecular weight is 386 g/mol. The Morgan fingerprint density at radius 1 is 1.07 bits per heavy atom. The lowest BCUT2D eigenvalue weighted by molar-refractivity contribution is -0.384. The van der Waals surface area contributed by atoms with Crippen LogP contribution in [0, 0.1) is 16.0 Å². The highest BCUT2D eigenvalue weighted by molar-refractivity contribution is 5.96. The third-order valence-corrected chi connectivity index (χ3v) is 6.54. The van der Waals surface area contributed by atoms with Gasteiger partial charge in [-0.1, -0.05) is 13.3 Å². The minimum absolute atomic E-state index is 0.0521. The molecule has 0 aliphatic carbocycles. The lowest BCUT2D eigenvalue weighted by Gasteiger charge is -2.44. The van der Waals surface area contributed by atoms with Crippen molar-refractivity contribution in [2.24, 2.45) is 5.92 Å². The van der Waals surface area contributed by atoms with Crippen LogP contribution in [-0.2, 0) is 0 Å². The Kier molecular flexibility index (Phi) is 5.53. The molecular weight excluding hydrogens is 356 g/mol. The molecule has 1 amide bonds. The lowest BCUT2D eigenvalue weighted by atomic mass is 9.98. The van der Waals surface area contributed by atoms with E-state index in [1.165, 1.54) is 18.9 Å². The van der Waals surface area contributed by atoms with E-state index in [1.807, 2.05) is 4.90 Å². The van der Waals surface area contributed by atoms with E-state index in [2.05, 4.69) is 16.7 Å². The summed E-state index contributed by atoms with van der Waals surface area (Å²) in [5.41, 5.74) is 1.13. The molecule has 0 N–H and O–H groups in total. The van der Waals surface area contributed by atoms with Crippen LogP contribution in [0.4, 0.5) is 11.4 Å². The third kappa shape index (κ3) is 3.85. The van der Waals surface area contributed by atoms with Gasteiger partial charge in [0.2, 0.25) is 0 Å². The summed E-state index contributed by atoms with van der Waals surface area (Å²) in [6.45, 7) is 7.32. The SMILES string of the molecule is CC1CCCN(c2ccc(C(=O)N3CCN4CCCCC4C3)cc2[N+](=O)[O-])C1. The zero-order valence-electron chi connectivity index (χ0n) is 16.7. The summed E-state index contributed by atoms with van der Waals surface area (Å²) in [7, 11) is 0. The lowest BCUT2D eigenvalue weighted by Crippen LogP contribution is -2.56. The highest BCUT2D eigenvalue weighted by Crippen LogP contribution is 2.33. The molecule has 3 aliphatic rings. The van der Waals surface area contributed by atoms with Gasteiger partial charge in [0.05, 0.1) is 4.92 Å². The highest BCUT2D eigenvalue weighted by atomic mass is 16.6. The zero-order valence-corrected chi connectivity index (χ0v) is 16.7. The third-order valence-electron chi connectivity index (χ3n) is 6.54. The largest absolute Gasteiger partial charge is 0.366 e. The Morgan fingerprint density at radius 2 is 1.93 bits per heavy atom. The number of nitrogens with zero attached hydrogens (tertiary/aromatic N) is 4. The first-order valence-corrected chi connectivity index (χ1v) is 10.6. The molecule has 1 aromatic rings. The summed E-state index contributed by atoms with van der Waals surface area (Å²) in [6, 6.07) is 5.48. The van der Waals surface area contributed by atoms with E-state index in [0.29, 0.717) is 29.8 Å². The van der Waals surface area contributed by atoms with Crippen molar-refractivity contribution >= 4 is 17.3 Å². The molecule has 3 aliphatic heterocycles. The highest BCUT2D eigenvalue weighted by Gasteiger charge is 2.32. The number of nitro benzene ring substituents is 1. The van der Waals surface area contributed by atoms with Gasteiger partial charge in [-0.2, -0.15) is 0 Å². The summed E-state index contributed by atoms with van der Waals surface area (Å²) < 4.78 is 0. The van der Waals surface area contributed by atoms with Gasteiger partial charge in [-0.3, -0.25) is 19.8 Å². The molecule has 1 aromatic carbocycles. The predicted octanol–water partition coefficient (Wildman–Crippen LogP) is 3.14. The van der Waals surface area contributed by atoms with Crippen LogP contribution in [0.15, 0.2) is 18.2 Å². The minimum Gasteiger partial charge on any atom is -0.366 e. The Balaban J connectivity index is 1.53. The van der Waals surface area contributed by atoms with Gasteiger partial charge in [-0.05, 0) is 50.3 Å². The zero-order chi connectivity index (χ0) is 19.7. The van der Waals surface area contributed by atoms with Gasteiger partial charge in [0.15, 0.2) is 0 Å². The number of carbonyl (C=O) groups is 1. The summed E-state index contributed by atoms with van der Waals surface area (Å²) >= 11 is 0. The standard InChI is InChI=1S/C21H30N4O3/c1-16-5-4-10-23(14-16)19-8-7-17(13-20(19)25(27)28)21(26)24-12-11-22-9-3-2-6-18(22)15-24/h7-8,13,16,18H,2-6,9-12,14-15H2,1H3. The molecule has 0 radical (unpaired) electrons. The second-order valence-electron chi connectivity index (χ2n) is 8.59. The van der Waals surface area contributed by atoms with E-state index in [9.17, 15) is 14.9 Å². The number of rotatable bonds is 3. The number of nitro groups is 1. The summed E-state index contributed by atoms with van der Waals surface area (Å²) in [5, 5.41) is 11.7. The van der Waals surface area contributed by atoms with Crippen LogP contribution >= 0.6 is 0 Å². The number of fused-ring (bicyclic) bond motifs is 1. The van der Waals surface area contributed by atoms with Crippen molar-refractivity contribution in [1.29, 1.82) is 0 Å². The Morgan fingerprint density at radius 3 is 2.71 bits per heavy atom. The Labute approximate surface area is 166 Å². The molecule has 152 valence electrons. The van der Waals surface area contributed by atoms with Crippen molar-refractivity contribution in [2.75, 3.05) is 44.2 Å². The van der Waals surface area contributed by atoms with Crippen LogP contribution in [0.5, 0.6) is 0 Å². The number of benzene rings is 1. The number of piperazine rings is 1. The van der Waals surface area contributed by atoms with E-state index in [0.717, 1.165) is 52.0 Å². The van der Waals surface area contributed by atoms with E-state index in [4.69, 9.17) is 0 Å². The molecule has 0 spiro atoms. The van der Waals surface area contributed by atoms with Gasteiger partial charge < -0.3 is 9.80 Å². The summed E-state index contributed by atoms with van der Waals surface area (Å²) in [5.74, 6) is 0.452. The van der Waals surface area contributed by atoms with Crippen molar-refractivity contribution in [3.63, 3.8) is 0 Å². The van der Waals surface area contributed by atoms with Crippen LogP contribution in [-0.4, -0.2) is 65.9 Å². The molecule has 7 heteroatoms. The fourth-order valence-electron chi connectivity index (χ4n) is 5.00. The van der Waals surface area contributed by atoms with E-state index in [-0.39, 0.29) is 16.5 Å². The number of piperidine rings is 2. The van der Waals surface area contributed by atoms with Crippen molar-refractivity contribution in [3.05, 3.63) is 33.9 Å². The smallest absolute Gasteiger partial charge is 0.293 e. The van der Waals surface area contributed by atoms with Crippen molar-refractivity contribution < 1.29 is 9.72 Å². The first-order chi connectivity index (χ1) is 13.5. The maximum Gasteiger partial charge on any atom is 0.293 e. The molecule has 0 aromatic heterocycles. The maximum absolute atomic E-state index is 13.1. The second-order valence-corrected chi connectivity index (χ2v) is 8.59. The van der Waals surface area contributed by atoms with Crippen LogP contribution in [0.3, 0.4) is 0 Å². The molecule has 3 heterocycles. The minimum atomic E-state index is -0.343. The number of carbonyl (C=O) groups excluding carboxylic acids is 1. The van der Waals surface area contributed by atoms with Crippen molar-refractivity contribution in [1.82, 2.24) is 9.80 Å². The van der Waals surface area contributed by atoms with Gasteiger partial charge in [0.1, 0.15) is 5.69 Å². The van der Waals surface area contributed by atoms with Gasteiger partial charge in [0, 0.05) is 50.4 Å². The van der Waals surface area contributed by atoms with Gasteiger partial charge in [-0.25, -0.2) is 0 Å². The average Bonchev–Trinajstić information content (AvgIpc) is 2.72. The number of amides is 1. The fraction of sp³-hybridized carbons (Fsp3) is 0.667. The molecule has 2 unspecified atom stereocenters. The topological polar surface area (TPSA) is 69.9 Å². The van der Waals surface area contributed by atoms with Crippen LogP contribution in [0.2, 0.25) is 0 Å². The molecule has 28 heavy (non-hydrogen) atoms. The van der Waals surface area contributed by atoms with Gasteiger partial charge in [-0.15, -0.1) is 0 Å². The molecule has 0 bridgehead atoms. The monoisotopic (exact) mass is 386 g/mol. The normalized spacial score (nSPS) is 26.0. The van der Waals surface area contributed by atoms with Crippen LogP contribution in [0.1, 0.15) is 49.4 Å². The maximum atomic E-state index is 13.1. The second kappa shape index (κ2) is 8.07. The van der Waals surface area contributed by atoms with Crippen LogP contribution in [0.25, 0.3) is 0 Å². The number of hydrogen-bond acceptors (Lipinski definition) is 5. The quantitative estimate of drug-likeness (QED) is 0.590. The van der Waals surface area contributed by atoms with Gasteiger partial charge in [0.25, 0.3) is 11.6 Å². The van der Waals surface area contributed by atoms with E-state index in [1.54, 1.807) is 12.1 Å². The summed E-state index contributed by atoms with van der Waals surface area (Å²) in [6.07, 6.45) is 5.81. The van der Waals surface area contributed by atoms with Crippen molar-refractivity contribution in [2.45, 2.75) is 45.1 Å². The molecule has 3 saturated heterocycles. The summed E-state index contributed by atoms with van der Waals surface area (Å²) in [4.78, 5) is 30.9. The number of hydrogen-bond donors (Lipinski definition) is 0. The molecule has 4 rings (SSSR count). The first-order valence-electron chi connectivity index (χ1n) is 10.6. The van der Waals surface area contributed by atoms with E-state index >= 15 is 0 Å². The Bertz CT molecular complexity index is 753. The molecular formula is C21H30N4O3. The van der Waals surface area contributed by atoms with Gasteiger partial charge >= 0.3 is 0 Å². The van der Waals surface area contributed by atoms with E-state index < -0.39 is 0 Å². The van der Waals surface area contributed by atoms with Crippen molar-refractivity contribution in [3.8, 4) is 0 Å². The molecule has 3 fully saturated rings.